The molecule has 1 unspecified atom stereocenters. The molecule has 94 valence electrons. The van der Waals surface area contributed by atoms with E-state index in [1.807, 2.05) is 6.92 Å². The maximum Gasteiger partial charge on any atom is 0.318 e. The minimum atomic E-state index is -0.534. The molecule has 0 aromatic heterocycles. The molecule has 6 nitrogen and oxygen atoms in total. The number of hydrogen-bond acceptors (Lipinski definition) is 3. The first kappa shape index (κ1) is 11.9. The van der Waals surface area contributed by atoms with Crippen LogP contribution < -0.4 is 10.6 Å². The molecule has 2 aliphatic rings. The van der Waals surface area contributed by atoms with Gasteiger partial charge < -0.3 is 10.2 Å². The van der Waals surface area contributed by atoms with Crippen molar-refractivity contribution in [1.82, 2.24) is 15.5 Å². The van der Waals surface area contributed by atoms with Gasteiger partial charge in [-0.3, -0.25) is 14.9 Å². The fraction of sp³-hybridized carbons (Fsp3) is 0.727. The SMILES string of the molecule is CCC1C(=O)NC(=O)CN1C(=O)NC1CCC1. The lowest BCUT2D eigenvalue weighted by Gasteiger charge is -2.36. The van der Waals surface area contributed by atoms with Gasteiger partial charge in [0.2, 0.25) is 11.8 Å². The molecule has 4 amide bonds. The first-order valence-corrected chi connectivity index (χ1v) is 6.02. The average molecular weight is 239 g/mol. The number of imide groups is 1. The second kappa shape index (κ2) is 4.73. The minimum absolute atomic E-state index is 0.0389. The van der Waals surface area contributed by atoms with Gasteiger partial charge in [-0.2, -0.15) is 0 Å². The lowest BCUT2D eigenvalue weighted by Crippen LogP contribution is -2.62. The first-order chi connectivity index (χ1) is 8.11. The monoisotopic (exact) mass is 239 g/mol. The molecule has 0 radical (unpaired) electrons. The molecule has 6 heteroatoms. The molecule has 17 heavy (non-hydrogen) atoms. The van der Waals surface area contributed by atoms with Crippen LogP contribution in [0.2, 0.25) is 0 Å². The summed E-state index contributed by atoms with van der Waals surface area (Å²) in [5, 5.41) is 5.09. The number of nitrogens with zero attached hydrogens (tertiary/aromatic N) is 1. The molecule has 1 heterocycles. The van der Waals surface area contributed by atoms with E-state index in [0.29, 0.717) is 6.42 Å². The van der Waals surface area contributed by atoms with Gasteiger partial charge in [0.15, 0.2) is 0 Å². The third-order valence-electron chi connectivity index (χ3n) is 3.34. The zero-order valence-corrected chi connectivity index (χ0v) is 9.86. The van der Waals surface area contributed by atoms with Gasteiger partial charge in [0.05, 0.1) is 0 Å². The molecular weight excluding hydrogens is 222 g/mol. The zero-order valence-electron chi connectivity index (χ0n) is 9.86. The number of urea groups is 1. The number of piperazine rings is 1. The fourth-order valence-electron chi connectivity index (χ4n) is 2.10. The van der Waals surface area contributed by atoms with Crippen molar-refractivity contribution in [3.05, 3.63) is 0 Å². The van der Waals surface area contributed by atoms with Crippen molar-refractivity contribution in [2.45, 2.75) is 44.7 Å². The summed E-state index contributed by atoms with van der Waals surface area (Å²) in [6.07, 6.45) is 3.60. The van der Waals surface area contributed by atoms with Crippen molar-refractivity contribution < 1.29 is 14.4 Å². The van der Waals surface area contributed by atoms with E-state index >= 15 is 0 Å². The third kappa shape index (κ3) is 2.40. The van der Waals surface area contributed by atoms with Gasteiger partial charge in [0, 0.05) is 6.04 Å². The maximum absolute atomic E-state index is 11.9. The number of hydrogen-bond donors (Lipinski definition) is 2. The highest BCUT2D eigenvalue weighted by atomic mass is 16.2. The van der Waals surface area contributed by atoms with Crippen LogP contribution in [0.25, 0.3) is 0 Å². The van der Waals surface area contributed by atoms with E-state index in [-0.39, 0.29) is 24.5 Å². The Bertz CT molecular complexity index is 352. The van der Waals surface area contributed by atoms with Crippen LogP contribution in [0.15, 0.2) is 0 Å². The Morgan fingerprint density at radius 3 is 2.71 bits per heavy atom. The summed E-state index contributed by atoms with van der Waals surface area (Å²) in [6, 6.07) is -0.627. The Morgan fingerprint density at radius 2 is 2.18 bits per heavy atom. The second-order valence-corrected chi connectivity index (χ2v) is 4.54. The molecule has 0 aromatic rings. The van der Waals surface area contributed by atoms with Crippen LogP contribution in [0.3, 0.4) is 0 Å². The maximum atomic E-state index is 11.9. The Hall–Kier alpha value is -1.59. The third-order valence-corrected chi connectivity index (χ3v) is 3.34. The molecule has 1 atom stereocenters. The highest BCUT2D eigenvalue weighted by Crippen LogP contribution is 2.19. The summed E-state index contributed by atoms with van der Waals surface area (Å²) < 4.78 is 0. The highest BCUT2D eigenvalue weighted by Gasteiger charge is 2.36. The standard InChI is InChI=1S/C11H17N3O3/c1-2-8-10(16)13-9(15)6-14(8)11(17)12-7-4-3-5-7/h7-8H,2-6H2,1H3,(H,12,17)(H,13,15,16). The van der Waals surface area contributed by atoms with Crippen molar-refractivity contribution in [2.24, 2.45) is 0 Å². The van der Waals surface area contributed by atoms with Gasteiger partial charge in [-0.05, 0) is 25.7 Å². The van der Waals surface area contributed by atoms with Crippen LogP contribution in [-0.4, -0.2) is 41.4 Å². The van der Waals surface area contributed by atoms with Crippen molar-refractivity contribution in [1.29, 1.82) is 0 Å². The van der Waals surface area contributed by atoms with Crippen LogP contribution >= 0.6 is 0 Å². The summed E-state index contributed by atoms with van der Waals surface area (Å²) in [4.78, 5) is 36.1. The Labute approximate surface area is 99.7 Å². The van der Waals surface area contributed by atoms with E-state index in [9.17, 15) is 14.4 Å². The van der Waals surface area contributed by atoms with Crippen molar-refractivity contribution in [2.75, 3.05) is 6.54 Å². The topological polar surface area (TPSA) is 78.5 Å². The second-order valence-electron chi connectivity index (χ2n) is 4.54. The summed E-state index contributed by atoms with van der Waals surface area (Å²) in [7, 11) is 0. The zero-order chi connectivity index (χ0) is 12.4. The quantitative estimate of drug-likeness (QED) is 0.665. The first-order valence-electron chi connectivity index (χ1n) is 6.02. The van der Waals surface area contributed by atoms with Crippen LogP contribution in [-0.2, 0) is 9.59 Å². The van der Waals surface area contributed by atoms with Gasteiger partial charge >= 0.3 is 6.03 Å². The Kier molecular flexibility index (Phi) is 3.31. The van der Waals surface area contributed by atoms with Crippen LogP contribution in [0.4, 0.5) is 4.79 Å². The van der Waals surface area contributed by atoms with E-state index in [1.54, 1.807) is 0 Å². The van der Waals surface area contributed by atoms with Crippen molar-refractivity contribution in [3.63, 3.8) is 0 Å². The van der Waals surface area contributed by atoms with E-state index in [4.69, 9.17) is 0 Å². The predicted molar refractivity (Wildman–Crippen MR) is 60.1 cm³/mol. The van der Waals surface area contributed by atoms with E-state index in [0.717, 1.165) is 19.3 Å². The molecular formula is C11H17N3O3. The Balaban J connectivity index is 2.01. The largest absolute Gasteiger partial charge is 0.335 e. The molecule has 2 fully saturated rings. The lowest BCUT2D eigenvalue weighted by atomic mass is 9.93. The van der Waals surface area contributed by atoms with Crippen LogP contribution in [0, 0.1) is 0 Å². The van der Waals surface area contributed by atoms with Crippen molar-refractivity contribution in [3.8, 4) is 0 Å². The fourth-order valence-corrected chi connectivity index (χ4v) is 2.10. The summed E-state index contributed by atoms with van der Waals surface area (Å²) in [5.74, 6) is -0.795. The number of rotatable bonds is 2. The lowest BCUT2D eigenvalue weighted by molar-refractivity contribution is -0.138. The molecule has 1 aliphatic carbocycles. The molecule has 1 saturated carbocycles. The summed E-state index contributed by atoms with van der Waals surface area (Å²) >= 11 is 0. The van der Waals surface area contributed by atoms with Gasteiger partial charge in [0.1, 0.15) is 12.6 Å². The average Bonchev–Trinajstić information content (AvgIpc) is 2.22. The normalized spacial score (nSPS) is 25.2. The van der Waals surface area contributed by atoms with Gasteiger partial charge in [0.25, 0.3) is 0 Å². The number of carbonyl (C=O) groups excluding carboxylic acids is 3. The molecule has 0 spiro atoms. The number of carbonyl (C=O) groups is 3. The predicted octanol–water partition coefficient (Wildman–Crippen LogP) is -0.0145. The van der Waals surface area contributed by atoms with E-state index in [1.165, 1.54) is 4.90 Å². The molecule has 1 aliphatic heterocycles. The summed E-state index contributed by atoms with van der Waals surface area (Å²) in [5.41, 5.74) is 0. The van der Waals surface area contributed by atoms with E-state index < -0.39 is 11.9 Å². The Morgan fingerprint density at radius 1 is 1.47 bits per heavy atom. The molecule has 0 aromatic carbocycles. The van der Waals surface area contributed by atoms with E-state index in [2.05, 4.69) is 10.6 Å². The minimum Gasteiger partial charge on any atom is -0.335 e. The van der Waals surface area contributed by atoms with Crippen LogP contribution in [0.5, 0.6) is 0 Å². The molecule has 0 bridgehead atoms. The van der Waals surface area contributed by atoms with Crippen LogP contribution in [0.1, 0.15) is 32.6 Å². The van der Waals surface area contributed by atoms with Crippen molar-refractivity contribution >= 4 is 17.8 Å². The number of amides is 4. The smallest absolute Gasteiger partial charge is 0.318 e. The van der Waals surface area contributed by atoms with Gasteiger partial charge in [-0.15, -0.1) is 0 Å². The molecule has 1 saturated heterocycles. The van der Waals surface area contributed by atoms with Gasteiger partial charge in [-0.1, -0.05) is 6.92 Å². The van der Waals surface area contributed by atoms with Gasteiger partial charge in [-0.25, -0.2) is 4.79 Å². The number of nitrogens with one attached hydrogen (secondary N) is 2. The molecule has 2 N–H and O–H groups in total. The highest BCUT2D eigenvalue weighted by molar-refractivity contribution is 6.04. The molecule has 2 rings (SSSR count). The summed E-state index contributed by atoms with van der Waals surface area (Å²) in [6.45, 7) is 1.78.